The van der Waals surface area contributed by atoms with E-state index < -0.39 is 24.0 Å². The van der Waals surface area contributed by atoms with Crippen LogP contribution in [0.4, 0.5) is 0 Å². The third kappa shape index (κ3) is 7.46. The van der Waals surface area contributed by atoms with Gasteiger partial charge in [-0.1, -0.05) is 37.3 Å². The molecule has 0 unspecified atom stereocenters. The van der Waals surface area contributed by atoms with Crippen LogP contribution in [0.3, 0.4) is 0 Å². The molecule has 0 saturated heterocycles. The summed E-state index contributed by atoms with van der Waals surface area (Å²) in [6.45, 7) is 3.06. The zero-order chi connectivity index (χ0) is 19.5. The average Bonchev–Trinajstić information content (AvgIpc) is 2.63. The van der Waals surface area contributed by atoms with E-state index in [9.17, 15) is 19.2 Å². The molecule has 0 aromatic heterocycles. The predicted octanol–water partition coefficient (Wildman–Crippen LogP) is 1.15. The molecule has 1 rings (SSSR count). The van der Waals surface area contributed by atoms with Gasteiger partial charge in [-0.2, -0.15) is 0 Å². The maximum Gasteiger partial charge on any atom is 0.328 e. The van der Waals surface area contributed by atoms with Crippen molar-refractivity contribution in [2.75, 3.05) is 7.11 Å². The second-order valence-electron chi connectivity index (χ2n) is 5.96. The molecular weight excluding hydrogens is 336 g/mol. The van der Waals surface area contributed by atoms with Gasteiger partial charge in [0.1, 0.15) is 17.9 Å². The molecule has 26 heavy (non-hydrogen) atoms. The van der Waals surface area contributed by atoms with Gasteiger partial charge in [-0.05, 0) is 12.0 Å². The zero-order valence-corrected chi connectivity index (χ0v) is 15.4. The van der Waals surface area contributed by atoms with Crippen molar-refractivity contribution in [3.8, 4) is 0 Å². The highest BCUT2D eigenvalue weighted by molar-refractivity contribution is 5.90. The van der Waals surface area contributed by atoms with Crippen LogP contribution < -0.4 is 10.6 Å². The van der Waals surface area contributed by atoms with E-state index in [1.807, 2.05) is 30.3 Å². The van der Waals surface area contributed by atoms with Crippen LogP contribution in [0.15, 0.2) is 30.3 Å². The number of benzene rings is 1. The maximum atomic E-state index is 12.6. The average molecular weight is 362 g/mol. The van der Waals surface area contributed by atoms with Crippen LogP contribution in [0.2, 0.25) is 0 Å². The highest BCUT2D eigenvalue weighted by atomic mass is 16.5. The van der Waals surface area contributed by atoms with E-state index in [4.69, 9.17) is 4.74 Å². The Balaban J connectivity index is 2.83. The molecule has 2 N–H and O–H groups in total. The molecule has 0 spiro atoms. The summed E-state index contributed by atoms with van der Waals surface area (Å²) in [5.41, 5.74) is 0.872. The summed E-state index contributed by atoms with van der Waals surface area (Å²) in [7, 11) is 1.22. The van der Waals surface area contributed by atoms with E-state index in [1.165, 1.54) is 14.0 Å². The van der Waals surface area contributed by atoms with Gasteiger partial charge in [0.15, 0.2) is 0 Å². The Morgan fingerprint density at radius 2 is 1.69 bits per heavy atom. The molecule has 142 valence electrons. The third-order valence-electron chi connectivity index (χ3n) is 3.89. The van der Waals surface area contributed by atoms with E-state index in [2.05, 4.69) is 10.6 Å². The summed E-state index contributed by atoms with van der Waals surface area (Å²) in [4.78, 5) is 47.5. The fourth-order valence-electron chi connectivity index (χ4n) is 2.45. The first kappa shape index (κ1) is 21.3. The maximum absolute atomic E-state index is 12.6. The topological polar surface area (TPSA) is 102 Å². The number of Topliss-reactive ketones (excluding diaryl/α,β-unsaturated/α-hetero) is 1. The molecule has 7 heteroatoms. The van der Waals surface area contributed by atoms with Crippen LogP contribution in [-0.4, -0.2) is 42.8 Å². The molecule has 0 aliphatic heterocycles. The smallest absolute Gasteiger partial charge is 0.328 e. The number of nitrogens with one attached hydrogen (secondary N) is 2. The molecule has 1 aromatic carbocycles. The van der Waals surface area contributed by atoms with Gasteiger partial charge in [-0.15, -0.1) is 0 Å². The predicted molar refractivity (Wildman–Crippen MR) is 96.2 cm³/mol. The van der Waals surface area contributed by atoms with Gasteiger partial charge < -0.3 is 15.4 Å². The van der Waals surface area contributed by atoms with E-state index >= 15 is 0 Å². The van der Waals surface area contributed by atoms with Crippen molar-refractivity contribution >= 4 is 23.6 Å². The number of methoxy groups -OCH3 is 1. The van der Waals surface area contributed by atoms with Crippen molar-refractivity contribution < 1.29 is 23.9 Å². The largest absolute Gasteiger partial charge is 0.467 e. The molecule has 1 aromatic rings. The minimum Gasteiger partial charge on any atom is -0.467 e. The van der Waals surface area contributed by atoms with Crippen molar-refractivity contribution in [2.45, 2.75) is 51.6 Å². The first-order valence-corrected chi connectivity index (χ1v) is 8.58. The second-order valence-corrected chi connectivity index (χ2v) is 5.96. The summed E-state index contributed by atoms with van der Waals surface area (Å²) in [6, 6.07) is 7.46. The van der Waals surface area contributed by atoms with Gasteiger partial charge >= 0.3 is 5.97 Å². The number of hydrogen-bond acceptors (Lipinski definition) is 5. The number of amides is 2. The Kier molecular flexibility index (Phi) is 9.05. The van der Waals surface area contributed by atoms with E-state index in [1.54, 1.807) is 6.92 Å². The zero-order valence-electron chi connectivity index (χ0n) is 15.4. The monoisotopic (exact) mass is 362 g/mol. The number of carbonyl (C=O) groups excluding carboxylic acids is 4. The van der Waals surface area contributed by atoms with E-state index in [0.29, 0.717) is 6.42 Å². The molecule has 0 aliphatic carbocycles. The summed E-state index contributed by atoms with van der Waals surface area (Å²) >= 11 is 0. The quantitative estimate of drug-likeness (QED) is 0.608. The highest BCUT2D eigenvalue weighted by Gasteiger charge is 2.27. The minimum atomic E-state index is -0.935. The molecule has 0 saturated carbocycles. The number of carbonyl (C=O) groups is 4. The Bertz CT molecular complexity index is 630. The molecule has 2 amide bonds. The van der Waals surface area contributed by atoms with Gasteiger partial charge in [-0.25, -0.2) is 4.79 Å². The number of esters is 1. The SMILES string of the molecule is CCC(=O)CC[C@@H](NC(=O)[C@@H](Cc1ccccc1)NC(C)=O)C(=O)OC. The Hall–Kier alpha value is -2.70. The molecule has 0 fully saturated rings. The molecule has 0 radical (unpaired) electrons. The van der Waals surface area contributed by atoms with Gasteiger partial charge in [0.05, 0.1) is 7.11 Å². The normalized spacial score (nSPS) is 12.6. The summed E-state index contributed by atoms with van der Waals surface area (Å²) in [5.74, 6) is -1.47. The van der Waals surface area contributed by atoms with Crippen LogP contribution in [0, 0.1) is 0 Å². The lowest BCUT2D eigenvalue weighted by Gasteiger charge is -2.22. The van der Waals surface area contributed by atoms with Crippen LogP contribution in [0.25, 0.3) is 0 Å². The number of ether oxygens (including phenoxy) is 1. The summed E-state index contributed by atoms with van der Waals surface area (Å²) in [5, 5.41) is 5.19. The Labute approximate surface area is 153 Å². The molecule has 0 heterocycles. The van der Waals surface area contributed by atoms with Gasteiger partial charge in [0.25, 0.3) is 0 Å². The van der Waals surface area contributed by atoms with Crippen molar-refractivity contribution in [3.05, 3.63) is 35.9 Å². The lowest BCUT2D eigenvalue weighted by atomic mass is 10.0. The van der Waals surface area contributed by atoms with Gasteiger partial charge in [0, 0.05) is 26.2 Å². The van der Waals surface area contributed by atoms with Gasteiger partial charge in [0.2, 0.25) is 11.8 Å². The van der Waals surface area contributed by atoms with E-state index in [-0.39, 0.29) is 31.0 Å². The van der Waals surface area contributed by atoms with Crippen LogP contribution >= 0.6 is 0 Å². The second kappa shape index (κ2) is 11.0. The lowest BCUT2D eigenvalue weighted by Crippen LogP contribution is -2.52. The van der Waals surface area contributed by atoms with Gasteiger partial charge in [-0.3, -0.25) is 14.4 Å². The molecular formula is C19H26N2O5. The number of ketones is 1. The lowest BCUT2D eigenvalue weighted by molar-refractivity contribution is -0.145. The Morgan fingerprint density at radius 3 is 2.23 bits per heavy atom. The summed E-state index contributed by atoms with van der Waals surface area (Å²) in [6.07, 6.45) is 0.974. The van der Waals surface area contributed by atoms with Crippen LogP contribution in [-0.2, 0) is 30.3 Å². The fourth-order valence-corrected chi connectivity index (χ4v) is 2.45. The van der Waals surface area contributed by atoms with Crippen LogP contribution in [0.5, 0.6) is 0 Å². The molecule has 7 nitrogen and oxygen atoms in total. The fraction of sp³-hybridized carbons (Fsp3) is 0.474. The van der Waals surface area contributed by atoms with Crippen LogP contribution in [0.1, 0.15) is 38.7 Å². The first-order chi connectivity index (χ1) is 12.4. The highest BCUT2D eigenvalue weighted by Crippen LogP contribution is 2.07. The van der Waals surface area contributed by atoms with E-state index in [0.717, 1.165) is 5.56 Å². The standard InChI is InChI=1S/C19H26N2O5/c1-4-15(23)10-11-16(19(25)26-3)21-18(24)17(20-13(2)22)12-14-8-6-5-7-9-14/h5-9,16-17H,4,10-12H2,1-3H3,(H,20,22)(H,21,24)/t16-,17-/m1/s1. The number of hydrogen-bond donors (Lipinski definition) is 2. The first-order valence-electron chi connectivity index (χ1n) is 8.58. The summed E-state index contributed by atoms with van der Waals surface area (Å²) < 4.78 is 4.71. The van der Waals surface area contributed by atoms with Crippen molar-refractivity contribution in [3.63, 3.8) is 0 Å². The van der Waals surface area contributed by atoms with Crippen molar-refractivity contribution in [1.82, 2.24) is 10.6 Å². The van der Waals surface area contributed by atoms with Crippen molar-refractivity contribution in [2.24, 2.45) is 0 Å². The minimum absolute atomic E-state index is 0.00384. The Morgan fingerprint density at radius 1 is 1.04 bits per heavy atom. The molecule has 0 bridgehead atoms. The number of rotatable bonds is 10. The third-order valence-corrected chi connectivity index (χ3v) is 3.89. The molecule has 0 aliphatic rings. The molecule has 2 atom stereocenters. The van der Waals surface area contributed by atoms with Crippen molar-refractivity contribution in [1.29, 1.82) is 0 Å².